The molecule has 0 aliphatic carbocycles. The number of alkyl halides is 2. The number of anilines is 1. The summed E-state index contributed by atoms with van der Waals surface area (Å²) in [5, 5.41) is 2.46. The lowest BCUT2D eigenvalue weighted by Gasteiger charge is -2.14. The Hall–Kier alpha value is -2.71. The van der Waals surface area contributed by atoms with E-state index in [1.165, 1.54) is 36.2 Å². The van der Waals surface area contributed by atoms with Crippen molar-refractivity contribution in [1.29, 1.82) is 0 Å². The molecule has 0 bridgehead atoms. The Morgan fingerprint density at radius 2 is 1.95 bits per heavy atom. The minimum Gasteiger partial charge on any atom is -0.435 e. The molecule has 4 amide bonds. The summed E-state index contributed by atoms with van der Waals surface area (Å²) >= 11 is 0. The molecule has 0 saturated carbocycles. The molecular formula is C13H13F2N3O4. The van der Waals surface area contributed by atoms with Crippen LogP contribution in [0.3, 0.4) is 0 Å². The van der Waals surface area contributed by atoms with E-state index in [9.17, 15) is 23.2 Å². The van der Waals surface area contributed by atoms with Crippen molar-refractivity contribution >= 4 is 23.5 Å². The average molecular weight is 313 g/mol. The summed E-state index contributed by atoms with van der Waals surface area (Å²) in [6.45, 7) is -3.40. The molecule has 0 atom stereocenters. The predicted molar refractivity (Wildman–Crippen MR) is 71.4 cm³/mol. The Balaban J connectivity index is 1.92. The molecule has 1 aliphatic heterocycles. The highest BCUT2D eigenvalue weighted by molar-refractivity contribution is 6.06. The van der Waals surface area contributed by atoms with E-state index in [4.69, 9.17) is 0 Å². The van der Waals surface area contributed by atoms with Crippen LogP contribution in [0, 0.1) is 0 Å². The zero-order valence-electron chi connectivity index (χ0n) is 11.6. The SMILES string of the molecule is CN1CC(=O)N(CC(=O)Nc2ccc(OC(F)F)cc2)C1=O. The quantitative estimate of drug-likeness (QED) is 0.826. The first-order chi connectivity index (χ1) is 10.4. The minimum atomic E-state index is -2.93. The molecule has 2 rings (SSSR count). The standard InChI is InChI=1S/C13H13F2N3O4/c1-17-7-11(20)18(13(17)21)6-10(19)16-8-2-4-9(5-3-8)22-12(14)15/h2-5,12H,6-7H2,1H3,(H,16,19). The summed E-state index contributed by atoms with van der Waals surface area (Å²) in [5.41, 5.74) is 0.332. The lowest BCUT2D eigenvalue weighted by Crippen LogP contribution is -2.38. The van der Waals surface area contributed by atoms with E-state index in [1.807, 2.05) is 0 Å². The summed E-state index contributed by atoms with van der Waals surface area (Å²) in [7, 11) is 1.46. The fourth-order valence-electron chi connectivity index (χ4n) is 1.89. The van der Waals surface area contributed by atoms with Gasteiger partial charge in [-0.2, -0.15) is 8.78 Å². The molecule has 0 unspecified atom stereocenters. The van der Waals surface area contributed by atoms with Gasteiger partial charge in [-0.1, -0.05) is 0 Å². The summed E-state index contributed by atoms with van der Waals surface area (Å²) in [6, 6.07) is 4.73. The van der Waals surface area contributed by atoms with Crippen LogP contribution in [0.25, 0.3) is 0 Å². The van der Waals surface area contributed by atoms with Crippen LogP contribution in [0.4, 0.5) is 19.3 Å². The lowest BCUT2D eigenvalue weighted by molar-refractivity contribution is -0.129. The van der Waals surface area contributed by atoms with E-state index in [-0.39, 0.29) is 12.3 Å². The summed E-state index contributed by atoms with van der Waals surface area (Å²) < 4.78 is 28.2. The monoisotopic (exact) mass is 313 g/mol. The Kier molecular flexibility index (Phi) is 4.54. The highest BCUT2D eigenvalue weighted by Crippen LogP contribution is 2.18. The van der Waals surface area contributed by atoms with Crippen molar-refractivity contribution in [1.82, 2.24) is 9.80 Å². The number of nitrogens with zero attached hydrogens (tertiary/aromatic N) is 2. The molecule has 0 radical (unpaired) electrons. The van der Waals surface area contributed by atoms with Crippen LogP contribution in [0.2, 0.25) is 0 Å². The minimum absolute atomic E-state index is 0.0421. The number of imide groups is 1. The van der Waals surface area contributed by atoms with E-state index in [0.29, 0.717) is 5.69 Å². The van der Waals surface area contributed by atoms with Crippen molar-refractivity contribution in [3.8, 4) is 5.75 Å². The summed E-state index contributed by atoms with van der Waals surface area (Å²) in [6.07, 6.45) is 0. The van der Waals surface area contributed by atoms with Crippen LogP contribution in [-0.4, -0.2) is 54.4 Å². The molecule has 1 saturated heterocycles. The topological polar surface area (TPSA) is 79.0 Å². The van der Waals surface area contributed by atoms with Crippen LogP contribution in [0.5, 0.6) is 5.75 Å². The number of hydrogen-bond donors (Lipinski definition) is 1. The second-order valence-electron chi connectivity index (χ2n) is 4.57. The maximum Gasteiger partial charge on any atom is 0.387 e. The molecule has 1 aliphatic rings. The number of benzene rings is 1. The predicted octanol–water partition coefficient (Wildman–Crippen LogP) is 1.12. The molecule has 0 spiro atoms. The van der Waals surface area contributed by atoms with E-state index < -0.39 is 31.0 Å². The number of carbonyl (C=O) groups excluding carboxylic acids is 3. The number of hydrogen-bond acceptors (Lipinski definition) is 4. The Morgan fingerprint density at radius 1 is 1.32 bits per heavy atom. The van der Waals surface area contributed by atoms with Crippen LogP contribution >= 0.6 is 0 Å². The maximum absolute atomic E-state index is 12.0. The van der Waals surface area contributed by atoms with Gasteiger partial charge in [0, 0.05) is 12.7 Å². The second-order valence-corrected chi connectivity index (χ2v) is 4.57. The molecule has 7 nitrogen and oxygen atoms in total. The number of halogens is 2. The zero-order chi connectivity index (χ0) is 16.3. The zero-order valence-corrected chi connectivity index (χ0v) is 11.6. The van der Waals surface area contributed by atoms with Gasteiger partial charge in [-0.25, -0.2) is 4.79 Å². The van der Waals surface area contributed by atoms with Gasteiger partial charge in [-0.3, -0.25) is 14.5 Å². The molecule has 118 valence electrons. The van der Waals surface area contributed by atoms with Gasteiger partial charge in [0.25, 0.3) is 5.91 Å². The molecule has 22 heavy (non-hydrogen) atoms. The average Bonchev–Trinajstić information content (AvgIpc) is 2.67. The van der Waals surface area contributed by atoms with Crippen molar-refractivity contribution in [2.75, 3.05) is 25.5 Å². The van der Waals surface area contributed by atoms with Gasteiger partial charge in [-0.15, -0.1) is 0 Å². The van der Waals surface area contributed by atoms with Crippen LogP contribution in [0.15, 0.2) is 24.3 Å². The Labute approximate surface area is 124 Å². The first kappa shape index (κ1) is 15.7. The number of rotatable bonds is 5. The fraction of sp³-hybridized carbons (Fsp3) is 0.308. The molecule has 1 aromatic carbocycles. The molecule has 9 heteroatoms. The van der Waals surface area contributed by atoms with Crippen molar-refractivity contribution in [2.24, 2.45) is 0 Å². The highest BCUT2D eigenvalue weighted by atomic mass is 19.3. The number of amides is 4. The van der Waals surface area contributed by atoms with Crippen LogP contribution < -0.4 is 10.1 Å². The summed E-state index contributed by atoms with van der Waals surface area (Å²) in [4.78, 5) is 37.0. The summed E-state index contributed by atoms with van der Waals surface area (Å²) in [5.74, 6) is -1.07. The third-order valence-corrected chi connectivity index (χ3v) is 2.90. The van der Waals surface area contributed by atoms with E-state index in [1.54, 1.807) is 0 Å². The second kappa shape index (κ2) is 6.37. The number of ether oxygens (including phenoxy) is 1. The maximum atomic E-state index is 12.0. The fourth-order valence-corrected chi connectivity index (χ4v) is 1.89. The van der Waals surface area contributed by atoms with Crippen molar-refractivity contribution in [3.63, 3.8) is 0 Å². The first-order valence-electron chi connectivity index (χ1n) is 6.27. The highest BCUT2D eigenvalue weighted by Gasteiger charge is 2.34. The van der Waals surface area contributed by atoms with E-state index in [2.05, 4.69) is 10.1 Å². The van der Waals surface area contributed by atoms with Gasteiger partial charge < -0.3 is 15.0 Å². The third-order valence-electron chi connectivity index (χ3n) is 2.90. The lowest BCUT2D eigenvalue weighted by atomic mass is 10.3. The van der Waals surface area contributed by atoms with E-state index >= 15 is 0 Å². The van der Waals surface area contributed by atoms with Crippen molar-refractivity contribution in [3.05, 3.63) is 24.3 Å². The van der Waals surface area contributed by atoms with Gasteiger partial charge in [-0.05, 0) is 24.3 Å². The number of urea groups is 1. The van der Waals surface area contributed by atoms with Crippen LogP contribution in [-0.2, 0) is 9.59 Å². The molecule has 0 aromatic heterocycles. The molecule has 1 fully saturated rings. The number of likely N-dealkylation sites (N-methyl/N-ethyl adjacent to an activating group) is 1. The largest absolute Gasteiger partial charge is 0.435 e. The Morgan fingerprint density at radius 3 is 2.45 bits per heavy atom. The number of carbonyl (C=O) groups is 3. The van der Waals surface area contributed by atoms with Gasteiger partial charge in [0.15, 0.2) is 0 Å². The van der Waals surface area contributed by atoms with Gasteiger partial charge in [0.2, 0.25) is 5.91 Å². The van der Waals surface area contributed by atoms with E-state index in [0.717, 1.165) is 4.90 Å². The molecular weight excluding hydrogens is 300 g/mol. The normalized spacial score (nSPS) is 14.7. The molecule has 1 heterocycles. The Bertz CT molecular complexity index is 591. The van der Waals surface area contributed by atoms with Gasteiger partial charge in [0.05, 0.1) is 0 Å². The smallest absolute Gasteiger partial charge is 0.387 e. The van der Waals surface area contributed by atoms with Gasteiger partial charge >= 0.3 is 12.6 Å². The molecule has 1 N–H and O–H groups in total. The third kappa shape index (κ3) is 3.68. The number of nitrogens with one attached hydrogen (secondary N) is 1. The van der Waals surface area contributed by atoms with Gasteiger partial charge in [0.1, 0.15) is 18.8 Å². The molecule has 1 aromatic rings. The first-order valence-corrected chi connectivity index (χ1v) is 6.27. The van der Waals surface area contributed by atoms with Crippen molar-refractivity contribution < 1.29 is 27.9 Å². The van der Waals surface area contributed by atoms with Crippen LogP contribution in [0.1, 0.15) is 0 Å². The van der Waals surface area contributed by atoms with Crippen molar-refractivity contribution in [2.45, 2.75) is 6.61 Å².